The summed E-state index contributed by atoms with van der Waals surface area (Å²) in [5, 5.41) is 9.37. The first-order valence-electron chi connectivity index (χ1n) is 6.99. The molecule has 0 bridgehead atoms. The third-order valence-corrected chi connectivity index (χ3v) is 3.55. The van der Waals surface area contributed by atoms with Gasteiger partial charge in [-0.25, -0.2) is 0 Å². The maximum atomic E-state index is 11.4. The van der Waals surface area contributed by atoms with E-state index in [0.717, 1.165) is 18.4 Å². The zero-order valence-electron chi connectivity index (χ0n) is 12.4. The molecule has 106 valence electrons. The average Bonchev–Trinajstić information content (AvgIpc) is 2.36. The number of benzene rings is 1. The molecule has 0 heterocycles. The van der Waals surface area contributed by atoms with E-state index in [1.807, 2.05) is 25.9 Å². The van der Waals surface area contributed by atoms with E-state index in [1.54, 1.807) is 0 Å². The molecule has 0 aromatic heterocycles. The van der Waals surface area contributed by atoms with Gasteiger partial charge < -0.3 is 10.0 Å². The normalized spacial score (nSPS) is 14.4. The number of rotatable bonds is 7. The molecule has 3 heteroatoms. The number of carboxylic acids is 1. The van der Waals surface area contributed by atoms with Crippen LogP contribution < -0.4 is 0 Å². The van der Waals surface area contributed by atoms with Gasteiger partial charge in [0.25, 0.3) is 0 Å². The topological polar surface area (TPSA) is 40.5 Å². The standard InChI is InChI=1S/C16H25NO2/c1-5-7-12-8-10-13(11-9-12)15(17(3)4)14(6-2)16(18)19/h8-11,14-15H,5-7H2,1-4H3,(H,18,19). The summed E-state index contributed by atoms with van der Waals surface area (Å²) < 4.78 is 0. The van der Waals surface area contributed by atoms with E-state index < -0.39 is 5.97 Å². The maximum absolute atomic E-state index is 11.4. The monoisotopic (exact) mass is 263 g/mol. The van der Waals surface area contributed by atoms with Crippen molar-refractivity contribution >= 4 is 5.97 Å². The van der Waals surface area contributed by atoms with Gasteiger partial charge in [0.05, 0.1) is 5.92 Å². The van der Waals surface area contributed by atoms with Crippen LogP contribution >= 0.6 is 0 Å². The minimum atomic E-state index is -0.723. The Morgan fingerprint density at radius 2 is 1.79 bits per heavy atom. The largest absolute Gasteiger partial charge is 0.481 e. The minimum absolute atomic E-state index is 0.0711. The lowest BCUT2D eigenvalue weighted by Crippen LogP contribution is -2.32. The fourth-order valence-electron chi connectivity index (χ4n) is 2.59. The second-order valence-corrected chi connectivity index (χ2v) is 5.25. The Morgan fingerprint density at radius 3 is 2.16 bits per heavy atom. The van der Waals surface area contributed by atoms with Crippen LogP contribution in [0.1, 0.15) is 43.9 Å². The van der Waals surface area contributed by atoms with Gasteiger partial charge in [0.2, 0.25) is 0 Å². The third kappa shape index (κ3) is 4.06. The Labute approximate surface area is 116 Å². The van der Waals surface area contributed by atoms with Gasteiger partial charge in [-0.15, -0.1) is 0 Å². The molecular weight excluding hydrogens is 238 g/mol. The summed E-state index contributed by atoms with van der Waals surface area (Å²) in [6.07, 6.45) is 2.83. The molecule has 0 spiro atoms. The highest BCUT2D eigenvalue weighted by Gasteiger charge is 2.29. The Hall–Kier alpha value is -1.35. The van der Waals surface area contributed by atoms with Crippen LogP contribution in [0.15, 0.2) is 24.3 Å². The lowest BCUT2D eigenvalue weighted by molar-refractivity contribution is -0.144. The Bertz CT molecular complexity index is 398. The zero-order chi connectivity index (χ0) is 14.4. The van der Waals surface area contributed by atoms with E-state index in [4.69, 9.17) is 0 Å². The second kappa shape index (κ2) is 7.29. The van der Waals surface area contributed by atoms with Crippen molar-refractivity contribution in [2.45, 2.75) is 39.2 Å². The smallest absolute Gasteiger partial charge is 0.308 e. The molecule has 0 aliphatic rings. The summed E-state index contributed by atoms with van der Waals surface area (Å²) in [4.78, 5) is 13.4. The quantitative estimate of drug-likeness (QED) is 0.820. The maximum Gasteiger partial charge on any atom is 0.308 e. The minimum Gasteiger partial charge on any atom is -0.481 e. The van der Waals surface area contributed by atoms with Gasteiger partial charge in [-0.05, 0) is 38.1 Å². The first-order chi connectivity index (χ1) is 9.01. The molecule has 1 N–H and O–H groups in total. The van der Waals surface area contributed by atoms with Gasteiger partial charge >= 0.3 is 5.97 Å². The van der Waals surface area contributed by atoms with Crippen molar-refractivity contribution in [2.24, 2.45) is 5.92 Å². The number of nitrogens with zero attached hydrogens (tertiary/aromatic N) is 1. The summed E-state index contributed by atoms with van der Waals surface area (Å²) in [6.45, 7) is 4.09. The first-order valence-corrected chi connectivity index (χ1v) is 6.99. The molecule has 0 amide bonds. The van der Waals surface area contributed by atoms with Gasteiger partial charge in [-0.3, -0.25) is 4.79 Å². The SMILES string of the molecule is CCCc1ccc(C(C(CC)C(=O)O)N(C)C)cc1. The molecule has 0 radical (unpaired) electrons. The highest BCUT2D eigenvalue weighted by Crippen LogP contribution is 2.29. The van der Waals surface area contributed by atoms with Gasteiger partial charge in [0.15, 0.2) is 0 Å². The second-order valence-electron chi connectivity index (χ2n) is 5.25. The lowest BCUT2D eigenvalue weighted by Gasteiger charge is -2.29. The van der Waals surface area contributed by atoms with Crippen molar-refractivity contribution in [3.63, 3.8) is 0 Å². The zero-order valence-corrected chi connectivity index (χ0v) is 12.4. The number of aliphatic carboxylic acids is 1. The van der Waals surface area contributed by atoms with Crippen LogP contribution in [0.5, 0.6) is 0 Å². The van der Waals surface area contributed by atoms with Crippen molar-refractivity contribution in [2.75, 3.05) is 14.1 Å². The number of hydrogen-bond acceptors (Lipinski definition) is 2. The first kappa shape index (κ1) is 15.7. The average molecular weight is 263 g/mol. The fraction of sp³-hybridized carbons (Fsp3) is 0.562. The van der Waals surface area contributed by atoms with Crippen molar-refractivity contribution in [3.05, 3.63) is 35.4 Å². The summed E-state index contributed by atoms with van der Waals surface area (Å²) in [7, 11) is 3.88. The molecule has 1 aromatic rings. The fourth-order valence-corrected chi connectivity index (χ4v) is 2.59. The van der Waals surface area contributed by atoms with Crippen LogP contribution in [0.2, 0.25) is 0 Å². The van der Waals surface area contributed by atoms with E-state index in [0.29, 0.717) is 6.42 Å². The van der Waals surface area contributed by atoms with Gasteiger partial charge in [-0.1, -0.05) is 44.5 Å². The number of aryl methyl sites for hydroxylation is 1. The molecule has 2 atom stereocenters. The molecule has 0 aliphatic heterocycles. The molecule has 0 saturated heterocycles. The number of carbonyl (C=O) groups is 1. The van der Waals surface area contributed by atoms with E-state index in [2.05, 4.69) is 31.2 Å². The van der Waals surface area contributed by atoms with Crippen LogP contribution in [-0.2, 0) is 11.2 Å². The molecule has 0 saturated carbocycles. The predicted molar refractivity (Wildman–Crippen MR) is 78.3 cm³/mol. The van der Waals surface area contributed by atoms with Crippen LogP contribution in [0, 0.1) is 5.92 Å². The summed E-state index contributed by atoms with van der Waals surface area (Å²) in [5.74, 6) is -1.09. The molecule has 19 heavy (non-hydrogen) atoms. The molecule has 0 aliphatic carbocycles. The summed E-state index contributed by atoms with van der Waals surface area (Å²) in [5.41, 5.74) is 2.39. The van der Waals surface area contributed by atoms with Crippen molar-refractivity contribution in [3.8, 4) is 0 Å². The highest BCUT2D eigenvalue weighted by atomic mass is 16.4. The molecule has 0 fully saturated rings. The van der Waals surface area contributed by atoms with Crippen LogP contribution in [0.4, 0.5) is 0 Å². The van der Waals surface area contributed by atoms with E-state index in [9.17, 15) is 9.90 Å². The van der Waals surface area contributed by atoms with Crippen molar-refractivity contribution in [1.29, 1.82) is 0 Å². The lowest BCUT2D eigenvalue weighted by atomic mass is 9.89. The number of hydrogen-bond donors (Lipinski definition) is 1. The molecule has 2 unspecified atom stereocenters. The Balaban J connectivity index is 3.01. The molecular formula is C16H25NO2. The van der Waals surface area contributed by atoms with E-state index in [-0.39, 0.29) is 12.0 Å². The van der Waals surface area contributed by atoms with Crippen molar-refractivity contribution in [1.82, 2.24) is 4.90 Å². The molecule has 3 nitrogen and oxygen atoms in total. The van der Waals surface area contributed by atoms with Crippen LogP contribution in [-0.4, -0.2) is 30.1 Å². The van der Waals surface area contributed by atoms with E-state index >= 15 is 0 Å². The van der Waals surface area contributed by atoms with Gasteiger partial charge in [0, 0.05) is 6.04 Å². The van der Waals surface area contributed by atoms with Crippen LogP contribution in [0.25, 0.3) is 0 Å². The number of carboxylic acid groups (broad SMARTS) is 1. The molecule has 1 rings (SSSR count). The summed E-state index contributed by atoms with van der Waals surface area (Å²) >= 11 is 0. The van der Waals surface area contributed by atoms with Gasteiger partial charge in [-0.2, -0.15) is 0 Å². The van der Waals surface area contributed by atoms with Crippen LogP contribution in [0.3, 0.4) is 0 Å². The Morgan fingerprint density at radius 1 is 1.21 bits per heavy atom. The van der Waals surface area contributed by atoms with E-state index in [1.165, 1.54) is 5.56 Å². The Kier molecular flexibility index (Phi) is 6.03. The molecule has 1 aromatic carbocycles. The van der Waals surface area contributed by atoms with Gasteiger partial charge in [0.1, 0.15) is 0 Å². The van der Waals surface area contributed by atoms with Crippen molar-refractivity contribution < 1.29 is 9.90 Å². The summed E-state index contributed by atoms with van der Waals surface area (Å²) in [6, 6.07) is 8.30. The predicted octanol–water partition coefficient (Wildman–Crippen LogP) is 3.35. The highest BCUT2D eigenvalue weighted by molar-refractivity contribution is 5.71. The third-order valence-electron chi connectivity index (χ3n) is 3.55.